The average molecular weight is 425 g/mol. The Bertz CT molecular complexity index is 1080. The molecule has 0 saturated carbocycles. The minimum absolute atomic E-state index is 0.325. The molecule has 0 unspecified atom stereocenters. The quantitative estimate of drug-likeness (QED) is 0.316. The van der Waals surface area contributed by atoms with Crippen LogP contribution in [0.25, 0.3) is 10.9 Å². The summed E-state index contributed by atoms with van der Waals surface area (Å²) in [7, 11) is 2.16. The molecule has 6 rings (SSSR count). The Balaban J connectivity index is 0.000000115. The van der Waals surface area contributed by atoms with E-state index >= 15 is 0 Å². The zero-order chi connectivity index (χ0) is 22.4. The SMILES string of the molecule is CN1CC(C)(C)c2ccccc21.c1ccc2c(c1)CCCO2.c1ccc2ncccc2c1. The highest BCUT2D eigenvalue weighted by atomic mass is 16.5. The van der Waals surface area contributed by atoms with E-state index in [0.29, 0.717) is 5.41 Å². The molecule has 0 spiro atoms. The first-order chi connectivity index (χ1) is 15.5. The van der Waals surface area contributed by atoms with Gasteiger partial charge in [0.1, 0.15) is 5.75 Å². The van der Waals surface area contributed by atoms with Crippen LogP contribution in [0.2, 0.25) is 0 Å². The molecule has 2 aliphatic heterocycles. The van der Waals surface area contributed by atoms with Gasteiger partial charge in [0.05, 0.1) is 12.1 Å². The average Bonchev–Trinajstić information content (AvgIpc) is 3.08. The first kappa shape index (κ1) is 21.9. The number of hydrogen-bond acceptors (Lipinski definition) is 3. The molecule has 0 saturated heterocycles. The molecule has 3 aromatic carbocycles. The molecule has 0 atom stereocenters. The second-order valence-electron chi connectivity index (χ2n) is 9.01. The maximum absolute atomic E-state index is 5.42. The molecule has 0 N–H and O–H groups in total. The van der Waals surface area contributed by atoms with Gasteiger partial charge >= 0.3 is 0 Å². The summed E-state index contributed by atoms with van der Waals surface area (Å²) in [5.74, 6) is 1.08. The third kappa shape index (κ3) is 5.11. The van der Waals surface area contributed by atoms with Gasteiger partial charge in [-0.05, 0) is 48.2 Å². The van der Waals surface area contributed by atoms with Gasteiger partial charge in [0.2, 0.25) is 0 Å². The smallest absolute Gasteiger partial charge is 0.122 e. The predicted molar refractivity (Wildman–Crippen MR) is 135 cm³/mol. The van der Waals surface area contributed by atoms with Crippen LogP contribution >= 0.6 is 0 Å². The second-order valence-corrected chi connectivity index (χ2v) is 9.01. The number of pyridine rings is 1. The zero-order valence-electron chi connectivity index (χ0n) is 19.3. The molecular weight excluding hydrogens is 392 g/mol. The molecule has 0 aliphatic carbocycles. The van der Waals surface area contributed by atoms with Gasteiger partial charge in [-0.1, -0.05) is 74.5 Å². The van der Waals surface area contributed by atoms with Crippen molar-refractivity contribution in [1.29, 1.82) is 0 Å². The van der Waals surface area contributed by atoms with Crippen LogP contribution in [0.1, 0.15) is 31.4 Å². The summed E-state index contributed by atoms with van der Waals surface area (Å²) < 4.78 is 5.42. The summed E-state index contributed by atoms with van der Waals surface area (Å²) in [6.45, 7) is 6.62. The molecule has 0 fully saturated rings. The number of hydrogen-bond donors (Lipinski definition) is 0. The summed E-state index contributed by atoms with van der Waals surface area (Å²) in [4.78, 5) is 6.51. The highest BCUT2D eigenvalue weighted by molar-refractivity contribution is 5.77. The Morgan fingerprint density at radius 1 is 0.844 bits per heavy atom. The van der Waals surface area contributed by atoms with Crippen molar-refractivity contribution in [3.05, 3.63) is 102 Å². The van der Waals surface area contributed by atoms with E-state index in [9.17, 15) is 0 Å². The van der Waals surface area contributed by atoms with Crippen LogP contribution < -0.4 is 9.64 Å². The molecule has 3 nitrogen and oxygen atoms in total. The van der Waals surface area contributed by atoms with Crippen molar-refractivity contribution in [3.8, 4) is 5.75 Å². The van der Waals surface area contributed by atoms with Gasteiger partial charge in [-0.2, -0.15) is 0 Å². The minimum Gasteiger partial charge on any atom is -0.493 e. The van der Waals surface area contributed by atoms with E-state index < -0.39 is 0 Å². The fourth-order valence-corrected chi connectivity index (χ4v) is 4.45. The van der Waals surface area contributed by atoms with Gasteiger partial charge in [0.15, 0.2) is 0 Å². The first-order valence-electron chi connectivity index (χ1n) is 11.4. The number of likely N-dealkylation sites (N-methyl/N-ethyl adjacent to an activating group) is 1. The molecule has 1 aromatic heterocycles. The summed E-state index contributed by atoms with van der Waals surface area (Å²) in [5.41, 5.74) is 5.61. The van der Waals surface area contributed by atoms with Crippen molar-refractivity contribution in [1.82, 2.24) is 4.98 Å². The Morgan fingerprint density at radius 2 is 1.56 bits per heavy atom. The maximum atomic E-state index is 5.42. The number of benzene rings is 3. The molecule has 0 radical (unpaired) electrons. The lowest BCUT2D eigenvalue weighted by molar-refractivity contribution is 0.288. The number of nitrogens with zero attached hydrogens (tertiary/aromatic N) is 2. The van der Waals surface area contributed by atoms with E-state index in [1.54, 1.807) is 0 Å². The zero-order valence-corrected chi connectivity index (χ0v) is 19.3. The molecule has 32 heavy (non-hydrogen) atoms. The fourth-order valence-electron chi connectivity index (χ4n) is 4.45. The Labute approximate surface area is 191 Å². The Kier molecular flexibility index (Phi) is 6.75. The van der Waals surface area contributed by atoms with Gasteiger partial charge in [-0.3, -0.25) is 4.98 Å². The van der Waals surface area contributed by atoms with Crippen molar-refractivity contribution < 1.29 is 4.74 Å². The van der Waals surface area contributed by atoms with E-state index in [1.807, 2.05) is 42.6 Å². The number of rotatable bonds is 0. The summed E-state index contributed by atoms with van der Waals surface area (Å²) in [6.07, 6.45) is 4.15. The van der Waals surface area contributed by atoms with Crippen LogP contribution in [-0.4, -0.2) is 25.2 Å². The number of para-hydroxylation sites is 3. The monoisotopic (exact) mass is 424 g/mol. The summed E-state index contributed by atoms with van der Waals surface area (Å²) in [6, 6.07) is 29.0. The number of fused-ring (bicyclic) bond motifs is 3. The van der Waals surface area contributed by atoms with E-state index in [-0.39, 0.29) is 0 Å². The summed E-state index contributed by atoms with van der Waals surface area (Å²) >= 11 is 0. The van der Waals surface area contributed by atoms with E-state index in [4.69, 9.17) is 4.74 Å². The standard InChI is InChI=1S/C11H15N.C9H7N.C9H10O/c1-11(2)8-12(3)10-7-5-4-6-9(10)11;2*1-2-6-9-8(4-1)5-3-7-10-9/h4-7H,8H2,1-3H3;1-7H;1-2,4,6H,3,5,7H2. The topological polar surface area (TPSA) is 25.4 Å². The molecule has 0 amide bonds. The molecule has 164 valence electrons. The molecule has 3 heterocycles. The van der Waals surface area contributed by atoms with Gasteiger partial charge in [0, 0.05) is 36.3 Å². The van der Waals surface area contributed by atoms with Gasteiger partial charge in [-0.25, -0.2) is 0 Å². The van der Waals surface area contributed by atoms with E-state index in [2.05, 4.69) is 79.3 Å². The summed E-state index contributed by atoms with van der Waals surface area (Å²) in [5, 5.41) is 1.20. The van der Waals surface area contributed by atoms with E-state index in [0.717, 1.165) is 30.8 Å². The predicted octanol–water partition coefficient (Wildman–Crippen LogP) is 6.66. The Morgan fingerprint density at radius 3 is 2.38 bits per heavy atom. The van der Waals surface area contributed by atoms with Gasteiger partial charge in [-0.15, -0.1) is 0 Å². The number of anilines is 1. The molecular formula is C29H32N2O. The number of aromatic nitrogens is 1. The van der Waals surface area contributed by atoms with Gasteiger partial charge in [0.25, 0.3) is 0 Å². The van der Waals surface area contributed by atoms with Crippen molar-refractivity contribution in [2.75, 3.05) is 25.1 Å². The van der Waals surface area contributed by atoms with Crippen molar-refractivity contribution >= 4 is 16.6 Å². The Hall–Kier alpha value is -3.33. The normalized spacial score (nSPS) is 15.3. The van der Waals surface area contributed by atoms with Crippen molar-refractivity contribution in [3.63, 3.8) is 0 Å². The lowest BCUT2D eigenvalue weighted by Gasteiger charge is -2.18. The second kappa shape index (κ2) is 9.86. The minimum atomic E-state index is 0.325. The number of aryl methyl sites for hydroxylation is 1. The molecule has 3 heteroatoms. The van der Waals surface area contributed by atoms with Gasteiger partial charge < -0.3 is 9.64 Å². The van der Waals surface area contributed by atoms with Crippen molar-refractivity contribution in [2.24, 2.45) is 0 Å². The fraction of sp³-hybridized carbons (Fsp3) is 0.276. The highest BCUT2D eigenvalue weighted by Crippen LogP contribution is 2.38. The maximum Gasteiger partial charge on any atom is 0.122 e. The van der Waals surface area contributed by atoms with Crippen LogP contribution in [0.3, 0.4) is 0 Å². The van der Waals surface area contributed by atoms with Crippen molar-refractivity contribution in [2.45, 2.75) is 32.1 Å². The lowest BCUT2D eigenvalue weighted by atomic mass is 9.87. The first-order valence-corrected chi connectivity index (χ1v) is 11.4. The van der Waals surface area contributed by atoms with E-state index in [1.165, 1.54) is 28.6 Å². The lowest BCUT2D eigenvalue weighted by Crippen LogP contribution is -2.24. The van der Waals surface area contributed by atoms with Crippen LogP contribution in [0.15, 0.2) is 91.1 Å². The highest BCUT2D eigenvalue weighted by Gasteiger charge is 2.32. The molecule has 0 bridgehead atoms. The third-order valence-electron chi connectivity index (χ3n) is 6.01. The molecule has 2 aliphatic rings. The van der Waals surface area contributed by atoms with Crippen LogP contribution in [0, 0.1) is 0 Å². The van der Waals surface area contributed by atoms with Crippen LogP contribution in [0.5, 0.6) is 5.75 Å². The molecule has 4 aromatic rings. The largest absolute Gasteiger partial charge is 0.493 e. The van der Waals surface area contributed by atoms with Crippen LogP contribution in [0.4, 0.5) is 5.69 Å². The third-order valence-corrected chi connectivity index (χ3v) is 6.01. The van der Waals surface area contributed by atoms with Crippen LogP contribution in [-0.2, 0) is 11.8 Å². The number of ether oxygens (including phenoxy) is 1.